The fourth-order valence-corrected chi connectivity index (χ4v) is 2.65. The molecule has 2 atom stereocenters. The Morgan fingerprint density at radius 2 is 2.24 bits per heavy atom. The van der Waals surface area contributed by atoms with Crippen LogP contribution < -0.4 is 10.5 Å². The van der Waals surface area contributed by atoms with E-state index in [9.17, 15) is 0 Å². The lowest BCUT2D eigenvalue weighted by Gasteiger charge is -2.22. The van der Waals surface area contributed by atoms with Crippen LogP contribution in [0.1, 0.15) is 36.5 Å². The molecule has 0 amide bonds. The lowest BCUT2D eigenvalue weighted by molar-refractivity contribution is 0.253. The molecule has 1 aliphatic heterocycles. The molecular weight excluding hydrogens is 266 g/mol. The smallest absolute Gasteiger partial charge is 0.226 e. The molecule has 2 heterocycles. The molecule has 1 aromatic carbocycles. The molecule has 0 saturated heterocycles. The number of benzene rings is 1. The van der Waals surface area contributed by atoms with Crippen molar-refractivity contribution in [2.24, 2.45) is 11.7 Å². The van der Waals surface area contributed by atoms with Crippen molar-refractivity contribution >= 4 is 0 Å². The zero-order valence-electron chi connectivity index (χ0n) is 12.3. The van der Waals surface area contributed by atoms with Crippen LogP contribution in [0.3, 0.4) is 0 Å². The Balaban J connectivity index is 1.70. The fraction of sp³-hybridized carbons (Fsp3) is 0.500. The normalized spacial score (nSPS) is 18.9. The highest BCUT2D eigenvalue weighted by Crippen LogP contribution is 2.31. The third-order valence-electron chi connectivity index (χ3n) is 4.10. The summed E-state index contributed by atoms with van der Waals surface area (Å²) in [7, 11) is 0. The Kier molecular flexibility index (Phi) is 4.20. The first-order valence-electron chi connectivity index (χ1n) is 7.53. The average molecular weight is 287 g/mol. The maximum Gasteiger partial charge on any atom is 0.226 e. The zero-order valence-corrected chi connectivity index (χ0v) is 12.3. The van der Waals surface area contributed by atoms with Crippen molar-refractivity contribution in [1.29, 1.82) is 0 Å². The van der Waals surface area contributed by atoms with Gasteiger partial charge < -0.3 is 15.0 Å². The Bertz CT molecular complexity index is 593. The van der Waals surface area contributed by atoms with Crippen LogP contribution in [0.5, 0.6) is 5.75 Å². The van der Waals surface area contributed by atoms with Gasteiger partial charge >= 0.3 is 0 Å². The van der Waals surface area contributed by atoms with Crippen molar-refractivity contribution in [1.82, 2.24) is 10.1 Å². The lowest BCUT2D eigenvalue weighted by Crippen LogP contribution is -2.20. The number of nitrogens with two attached hydrogens (primary N) is 1. The van der Waals surface area contributed by atoms with Crippen LogP contribution in [0.25, 0.3) is 0 Å². The number of hydrogen-bond acceptors (Lipinski definition) is 5. The molecular formula is C16H21N3O2. The standard InChI is InChI=1S/C16H21N3O2/c1-2-11(9-17)7-15-18-16(19-21-15)13-8-12-5-3-4-6-14(12)20-10-13/h3-6,11,13H,2,7-10,17H2,1H3. The van der Waals surface area contributed by atoms with Gasteiger partial charge in [-0.3, -0.25) is 0 Å². The van der Waals surface area contributed by atoms with Crippen molar-refractivity contribution in [3.63, 3.8) is 0 Å². The van der Waals surface area contributed by atoms with E-state index in [1.165, 1.54) is 5.56 Å². The number of ether oxygens (including phenoxy) is 1. The van der Waals surface area contributed by atoms with Gasteiger partial charge in [0, 0.05) is 6.42 Å². The lowest BCUT2D eigenvalue weighted by atomic mass is 9.96. The van der Waals surface area contributed by atoms with E-state index in [2.05, 4.69) is 23.1 Å². The minimum absolute atomic E-state index is 0.162. The quantitative estimate of drug-likeness (QED) is 0.913. The minimum Gasteiger partial charge on any atom is -0.493 e. The molecule has 0 bridgehead atoms. The van der Waals surface area contributed by atoms with Gasteiger partial charge in [0.1, 0.15) is 5.75 Å². The predicted octanol–water partition coefficient (Wildman–Crippen LogP) is 2.32. The molecule has 2 unspecified atom stereocenters. The van der Waals surface area contributed by atoms with Crippen LogP contribution in [-0.4, -0.2) is 23.3 Å². The second-order valence-corrected chi connectivity index (χ2v) is 5.58. The van der Waals surface area contributed by atoms with Crippen LogP contribution in [0.4, 0.5) is 0 Å². The van der Waals surface area contributed by atoms with Crippen LogP contribution in [-0.2, 0) is 12.8 Å². The van der Waals surface area contributed by atoms with Crippen molar-refractivity contribution in [3.8, 4) is 5.75 Å². The number of rotatable bonds is 5. The van der Waals surface area contributed by atoms with Crippen molar-refractivity contribution < 1.29 is 9.26 Å². The Morgan fingerprint density at radius 1 is 1.38 bits per heavy atom. The zero-order chi connectivity index (χ0) is 14.7. The van der Waals surface area contributed by atoms with E-state index < -0.39 is 0 Å². The second kappa shape index (κ2) is 6.26. The van der Waals surface area contributed by atoms with Gasteiger partial charge in [0.25, 0.3) is 0 Å². The maximum absolute atomic E-state index is 5.78. The molecule has 2 aromatic rings. The van der Waals surface area contributed by atoms with E-state index in [-0.39, 0.29) is 5.92 Å². The van der Waals surface area contributed by atoms with Crippen molar-refractivity contribution in [3.05, 3.63) is 41.5 Å². The number of para-hydroxylation sites is 1. The molecule has 112 valence electrons. The van der Waals surface area contributed by atoms with Gasteiger partial charge in [0.15, 0.2) is 5.82 Å². The molecule has 5 nitrogen and oxygen atoms in total. The van der Waals surface area contributed by atoms with Gasteiger partial charge in [0.05, 0.1) is 12.5 Å². The van der Waals surface area contributed by atoms with E-state index in [4.69, 9.17) is 15.0 Å². The number of aromatic nitrogens is 2. The number of nitrogens with zero attached hydrogens (tertiary/aromatic N) is 2. The van der Waals surface area contributed by atoms with Gasteiger partial charge in [-0.2, -0.15) is 4.98 Å². The molecule has 0 spiro atoms. The van der Waals surface area contributed by atoms with Gasteiger partial charge in [-0.25, -0.2) is 0 Å². The number of hydrogen-bond donors (Lipinski definition) is 1. The first-order chi connectivity index (χ1) is 10.3. The summed E-state index contributed by atoms with van der Waals surface area (Å²) in [6.07, 6.45) is 2.67. The summed E-state index contributed by atoms with van der Waals surface area (Å²) in [4.78, 5) is 4.53. The molecule has 2 N–H and O–H groups in total. The summed E-state index contributed by atoms with van der Waals surface area (Å²) in [5.41, 5.74) is 6.93. The average Bonchev–Trinajstić information content (AvgIpc) is 3.00. The molecule has 5 heteroatoms. The van der Waals surface area contributed by atoms with Crippen LogP contribution in [0.15, 0.2) is 28.8 Å². The maximum atomic E-state index is 5.78. The molecule has 0 saturated carbocycles. The predicted molar refractivity (Wildman–Crippen MR) is 79.2 cm³/mol. The number of fused-ring (bicyclic) bond motifs is 1. The molecule has 21 heavy (non-hydrogen) atoms. The highest BCUT2D eigenvalue weighted by molar-refractivity contribution is 5.36. The van der Waals surface area contributed by atoms with E-state index in [0.717, 1.165) is 30.8 Å². The van der Waals surface area contributed by atoms with E-state index >= 15 is 0 Å². The Morgan fingerprint density at radius 3 is 3.05 bits per heavy atom. The summed E-state index contributed by atoms with van der Waals surface area (Å²) in [5, 5.41) is 4.13. The van der Waals surface area contributed by atoms with Gasteiger partial charge in [-0.1, -0.05) is 36.7 Å². The van der Waals surface area contributed by atoms with E-state index in [1.54, 1.807) is 0 Å². The Labute approximate surface area is 124 Å². The third-order valence-corrected chi connectivity index (χ3v) is 4.10. The summed E-state index contributed by atoms with van der Waals surface area (Å²) < 4.78 is 11.1. The van der Waals surface area contributed by atoms with Crippen molar-refractivity contribution in [2.75, 3.05) is 13.2 Å². The molecule has 1 aliphatic rings. The van der Waals surface area contributed by atoms with Crippen LogP contribution in [0.2, 0.25) is 0 Å². The monoisotopic (exact) mass is 287 g/mol. The molecule has 0 fully saturated rings. The summed E-state index contributed by atoms with van der Waals surface area (Å²) in [6, 6.07) is 8.10. The first-order valence-corrected chi connectivity index (χ1v) is 7.53. The SMILES string of the molecule is CCC(CN)Cc1nc(C2COc3ccccc3C2)no1. The largest absolute Gasteiger partial charge is 0.493 e. The topological polar surface area (TPSA) is 74.2 Å². The van der Waals surface area contributed by atoms with E-state index in [0.29, 0.717) is 25.0 Å². The molecule has 3 rings (SSSR count). The summed E-state index contributed by atoms with van der Waals surface area (Å²) >= 11 is 0. The van der Waals surface area contributed by atoms with Crippen molar-refractivity contribution in [2.45, 2.75) is 32.1 Å². The van der Waals surface area contributed by atoms with Gasteiger partial charge in [0.2, 0.25) is 5.89 Å². The molecule has 0 radical (unpaired) electrons. The highest BCUT2D eigenvalue weighted by atomic mass is 16.5. The van der Waals surface area contributed by atoms with Crippen LogP contribution >= 0.6 is 0 Å². The summed E-state index contributed by atoms with van der Waals surface area (Å²) in [5.74, 6) is 2.95. The molecule has 1 aromatic heterocycles. The van der Waals surface area contributed by atoms with Gasteiger partial charge in [-0.15, -0.1) is 0 Å². The third kappa shape index (κ3) is 3.08. The summed E-state index contributed by atoms with van der Waals surface area (Å²) in [6.45, 7) is 3.37. The minimum atomic E-state index is 0.162. The second-order valence-electron chi connectivity index (χ2n) is 5.58. The van der Waals surface area contributed by atoms with E-state index in [1.807, 2.05) is 18.2 Å². The first kappa shape index (κ1) is 14.1. The van der Waals surface area contributed by atoms with Gasteiger partial charge in [-0.05, 0) is 30.5 Å². The molecule has 0 aliphatic carbocycles. The van der Waals surface area contributed by atoms with Crippen LogP contribution in [0, 0.1) is 5.92 Å². The Hall–Kier alpha value is -1.88. The fourth-order valence-electron chi connectivity index (χ4n) is 2.65. The highest BCUT2D eigenvalue weighted by Gasteiger charge is 2.25.